The summed E-state index contributed by atoms with van der Waals surface area (Å²) in [5, 5.41) is 9.32. The Morgan fingerprint density at radius 3 is 2.73 bits per heavy atom. The third kappa shape index (κ3) is 3.71. The second kappa shape index (κ2) is 6.57. The maximum absolute atomic E-state index is 11.3. The summed E-state index contributed by atoms with van der Waals surface area (Å²) in [6, 6.07) is 5.68. The van der Waals surface area contributed by atoms with E-state index in [0.29, 0.717) is 17.9 Å². The molecule has 1 aliphatic rings. The van der Waals surface area contributed by atoms with Gasteiger partial charge in [0.1, 0.15) is 6.10 Å². The van der Waals surface area contributed by atoms with E-state index >= 15 is 0 Å². The molecule has 5 nitrogen and oxygen atoms in total. The van der Waals surface area contributed by atoms with E-state index < -0.39 is 11.4 Å². The van der Waals surface area contributed by atoms with Gasteiger partial charge in [0, 0.05) is 13.1 Å². The minimum atomic E-state index is -0.848. The molecule has 1 heterocycles. The molecule has 1 N–H and O–H groups in total. The maximum Gasteiger partial charge on any atom is 0.309 e. The zero-order chi connectivity index (χ0) is 16.3. The summed E-state index contributed by atoms with van der Waals surface area (Å²) in [4.78, 5) is 13.6. The Kier molecular flexibility index (Phi) is 4.96. The van der Waals surface area contributed by atoms with Gasteiger partial charge in [-0.15, -0.1) is 0 Å². The molecule has 1 aromatic carbocycles. The van der Waals surface area contributed by atoms with Crippen LogP contribution in [-0.2, 0) is 11.2 Å². The minimum Gasteiger partial charge on any atom is -0.493 e. The fourth-order valence-corrected chi connectivity index (χ4v) is 2.75. The maximum atomic E-state index is 11.3. The Labute approximate surface area is 131 Å². The number of ether oxygens (including phenoxy) is 2. The highest BCUT2D eigenvalue weighted by Gasteiger charge is 2.30. The first-order valence-corrected chi connectivity index (χ1v) is 7.58. The molecular formula is C17H25NO4. The standard InChI is InChI=1S/C17H25NO4/c1-17(2,16(19)20)10-12-6-5-7-14(15(12)21-4)22-13-8-9-18(3)11-13/h5-7,13H,8-11H2,1-4H3,(H,19,20). The van der Waals surface area contributed by atoms with Gasteiger partial charge in [-0.3, -0.25) is 4.79 Å². The molecule has 0 spiro atoms. The smallest absolute Gasteiger partial charge is 0.309 e. The predicted octanol–water partition coefficient (Wildman–Crippen LogP) is 2.43. The van der Waals surface area contributed by atoms with Gasteiger partial charge in [0.15, 0.2) is 11.5 Å². The predicted molar refractivity (Wildman–Crippen MR) is 84.6 cm³/mol. The molecule has 1 atom stereocenters. The lowest BCUT2D eigenvalue weighted by atomic mass is 9.85. The van der Waals surface area contributed by atoms with Crippen LogP contribution in [0.4, 0.5) is 0 Å². The molecule has 1 aromatic rings. The van der Waals surface area contributed by atoms with Crippen molar-refractivity contribution in [1.82, 2.24) is 4.90 Å². The van der Waals surface area contributed by atoms with Crippen LogP contribution in [0.25, 0.3) is 0 Å². The van der Waals surface area contributed by atoms with Gasteiger partial charge in [-0.25, -0.2) is 0 Å². The van der Waals surface area contributed by atoms with Gasteiger partial charge < -0.3 is 19.5 Å². The second-order valence-corrected chi connectivity index (χ2v) is 6.61. The van der Waals surface area contributed by atoms with Crippen LogP contribution in [0, 0.1) is 5.41 Å². The average molecular weight is 307 g/mol. The molecule has 0 radical (unpaired) electrons. The normalized spacial score (nSPS) is 19.2. The summed E-state index contributed by atoms with van der Waals surface area (Å²) in [6.45, 7) is 5.36. The summed E-state index contributed by atoms with van der Waals surface area (Å²) in [5.74, 6) is 0.520. The number of para-hydroxylation sites is 1. The van der Waals surface area contributed by atoms with Crippen molar-refractivity contribution in [3.63, 3.8) is 0 Å². The molecule has 0 amide bonds. The van der Waals surface area contributed by atoms with Crippen molar-refractivity contribution in [2.45, 2.75) is 32.8 Å². The van der Waals surface area contributed by atoms with Crippen molar-refractivity contribution >= 4 is 5.97 Å². The van der Waals surface area contributed by atoms with Crippen molar-refractivity contribution < 1.29 is 19.4 Å². The van der Waals surface area contributed by atoms with Crippen LogP contribution in [0.5, 0.6) is 11.5 Å². The zero-order valence-electron chi connectivity index (χ0n) is 13.8. The zero-order valence-corrected chi connectivity index (χ0v) is 13.8. The van der Waals surface area contributed by atoms with Crippen molar-refractivity contribution in [1.29, 1.82) is 0 Å². The number of rotatable bonds is 6. The number of aliphatic carboxylic acids is 1. The quantitative estimate of drug-likeness (QED) is 0.874. The first-order valence-electron chi connectivity index (χ1n) is 7.58. The molecule has 1 fully saturated rings. The number of carbonyl (C=O) groups is 1. The van der Waals surface area contributed by atoms with Crippen LogP contribution in [0.15, 0.2) is 18.2 Å². The third-order valence-electron chi connectivity index (χ3n) is 4.12. The Morgan fingerprint density at radius 2 is 2.18 bits per heavy atom. The van der Waals surface area contributed by atoms with Gasteiger partial charge in [0.2, 0.25) is 0 Å². The molecule has 5 heteroatoms. The molecule has 1 saturated heterocycles. The van der Waals surface area contributed by atoms with Crippen LogP contribution in [0.3, 0.4) is 0 Å². The van der Waals surface area contributed by atoms with Gasteiger partial charge in [-0.1, -0.05) is 12.1 Å². The van der Waals surface area contributed by atoms with E-state index in [9.17, 15) is 9.90 Å². The van der Waals surface area contributed by atoms with Crippen molar-refractivity contribution in [2.24, 2.45) is 5.41 Å². The Bertz CT molecular complexity index is 541. The van der Waals surface area contributed by atoms with Gasteiger partial charge in [0.25, 0.3) is 0 Å². The number of hydrogen-bond acceptors (Lipinski definition) is 4. The van der Waals surface area contributed by atoms with Crippen LogP contribution in [-0.4, -0.2) is 49.3 Å². The fraction of sp³-hybridized carbons (Fsp3) is 0.588. The Morgan fingerprint density at radius 1 is 1.45 bits per heavy atom. The van der Waals surface area contributed by atoms with Crippen LogP contribution in [0.1, 0.15) is 25.8 Å². The first kappa shape index (κ1) is 16.6. The number of nitrogens with zero attached hydrogens (tertiary/aromatic N) is 1. The highest BCUT2D eigenvalue weighted by molar-refractivity contribution is 5.74. The molecule has 0 saturated carbocycles. The first-order chi connectivity index (χ1) is 10.3. The van der Waals surface area contributed by atoms with Crippen molar-refractivity contribution in [3.8, 4) is 11.5 Å². The van der Waals surface area contributed by atoms with E-state index in [2.05, 4.69) is 11.9 Å². The van der Waals surface area contributed by atoms with E-state index in [0.717, 1.165) is 25.1 Å². The van der Waals surface area contributed by atoms with E-state index in [1.54, 1.807) is 21.0 Å². The highest BCUT2D eigenvalue weighted by Crippen LogP contribution is 2.36. The number of likely N-dealkylation sites (N-methyl/N-ethyl adjacent to an activating group) is 1. The number of likely N-dealkylation sites (tertiary alicyclic amines) is 1. The summed E-state index contributed by atoms with van der Waals surface area (Å²) in [7, 11) is 3.67. The fourth-order valence-electron chi connectivity index (χ4n) is 2.75. The van der Waals surface area contributed by atoms with Gasteiger partial charge in [-0.2, -0.15) is 0 Å². The third-order valence-corrected chi connectivity index (χ3v) is 4.12. The van der Waals surface area contributed by atoms with Crippen LogP contribution < -0.4 is 9.47 Å². The molecule has 1 unspecified atom stereocenters. The van der Waals surface area contributed by atoms with Crippen LogP contribution in [0.2, 0.25) is 0 Å². The SMILES string of the molecule is COc1c(CC(C)(C)C(=O)O)cccc1OC1CCN(C)C1. The lowest BCUT2D eigenvalue weighted by Crippen LogP contribution is -2.26. The highest BCUT2D eigenvalue weighted by atomic mass is 16.5. The summed E-state index contributed by atoms with van der Waals surface area (Å²) in [6.07, 6.45) is 1.54. The summed E-state index contributed by atoms with van der Waals surface area (Å²) in [5.41, 5.74) is 0.0122. The number of carboxylic acid groups (broad SMARTS) is 1. The monoisotopic (exact) mass is 307 g/mol. The topological polar surface area (TPSA) is 59.0 Å². The second-order valence-electron chi connectivity index (χ2n) is 6.61. The van der Waals surface area contributed by atoms with Crippen LogP contribution >= 0.6 is 0 Å². The molecule has 0 bridgehead atoms. The van der Waals surface area contributed by atoms with Gasteiger partial charge in [-0.05, 0) is 45.4 Å². The molecule has 0 aliphatic carbocycles. The molecule has 0 aromatic heterocycles. The van der Waals surface area contributed by atoms with Gasteiger partial charge in [0.05, 0.1) is 12.5 Å². The minimum absolute atomic E-state index is 0.154. The van der Waals surface area contributed by atoms with Gasteiger partial charge >= 0.3 is 5.97 Å². The molecule has 22 heavy (non-hydrogen) atoms. The molecule has 122 valence electrons. The number of hydrogen-bond donors (Lipinski definition) is 1. The molecule has 1 aliphatic heterocycles. The number of carboxylic acids is 1. The lowest BCUT2D eigenvalue weighted by molar-refractivity contribution is -0.146. The largest absolute Gasteiger partial charge is 0.493 e. The Hall–Kier alpha value is -1.75. The summed E-state index contributed by atoms with van der Waals surface area (Å²) >= 11 is 0. The number of benzene rings is 1. The van der Waals surface area contributed by atoms with E-state index in [1.165, 1.54) is 0 Å². The lowest BCUT2D eigenvalue weighted by Gasteiger charge is -2.23. The van der Waals surface area contributed by atoms with E-state index in [4.69, 9.17) is 9.47 Å². The van der Waals surface area contributed by atoms with E-state index in [-0.39, 0.29) is 6.10 Å². The number of methoxy groups -OCH3 is 1. The summed E-state index contributed by atoms with van der Waals surface area (Å²) < 4.78 is 11.6. The Balaban J connectivity index is 2.21. The average Bonchev–Trinajstić information content (AvgIpc) is 2.84. The van der Waals surface area contributed by atoms with Crippen molar-refractivity contribution in [2.75, 3.05) is 27.2 Å². The molecule has 2 rings (SSSR count). The molecular weight excluding hydrogens is 282 g/mol. The van der Waals surface area contributed by atoms with Crippen molar-refractivity contribution in [3.05, 3.63) is 23.8 Å². The van der Waals surface area contributed by atoms with E-state index in [1.807, 2.05) is 18.2 Å².